The average molecular weight is 226 g/mol. The lowest BCUT2D eigenvalue weighted by atomic mass is 10.1. The summed E-state index contributed by atoms with van der Waals surface area (Å²) in [5, 5.41) is 0. The Morgan fingerprint density at radius 1 is 1.06 bits per heavy atom. The molecule has 0 bridgehead atoms. The minimum absolute atomic E-state index is 0.0880. The van der Waals surface area contributed by atoms with Gasteiger partial charge in [-0.3, -0.25) is 4.79 Å². The van der Waals surface area contributed by atoms with Gasteiger partial charge in [-0.05, 0) is 32.6 Å². The summed E-state index contributed by atoms with van der Waals surface area (Å²) in [7, 11) is 0. The Hall–Kier alpha value is -0.790. The van der Waals surface area contributed by atoms with Crippen molar-refractivity contribution in [1.29, 1.82) is 0 Å². The minimum atomic E-state index is 0.0880. The maximum atomic E-state index is 10.0. The van der Waals surface area contributed by atoms with Crippen LogP contribution in [0, 0.1) is 0 Å². The predicted molar refractivity (Wildman–Crippen MR) is 68.4 cm³/mol. The second-order valence-corrected chi connectivity index (χ2v) is 4.38. The van der Waals surface area contributed by atoms with Gasteiger partial charge in [0.05, 0.1) is 6.10 Å². The van der Waals surface area contributed by atoms with Gasteiger partial charge in [0.2, 0.25) is 0 Å². The molecule has 16 heavy (non-hydrogen) atoms. The Balaban J connectivity index is 3.03. The van der Waals surface area contributed by atoms with Crippen molar-refractivity contribution in [2.75, 3.05) is 0 Å². The highest BCUT2D eigenvalue weighted by atomic mass is 16.5. The zero-order valence-corrected chi connectivity index (χ0v) is 10.6. The highest BCUT2D eigenvalue weighted by Crippen LogP contribution is 2.11. The van der Waals surface area contributed by atoms with Crippen molar-refractivity contribution in [3.8, 4) is 0 Å². The van der Waals surface area contributed by atoms with Crippen LogP contribution in [0.1, 0.15) is 64.7 Å². The molecule has 0 aromatic rings. The molecule has 0 aromatic carbocycles. The first-order valence-corrected chi connectivity index (χ1v) is 6.51. The van der Waals surface area contributed by atoms with Crippen molar-refractivity contribution in [2.24, 2.45) is 0 Å². The van der Waals surface area contributed by atoms with Gasteiger partial charge in [-0.1, -0.05) is 38.2 Å². The third-order valence-corrected chi connectivity index (χ3v) is 2.81. The summed E-state index contributed by atoms with van der Waals surface area (Å²) in [6, 6.07) is 0. The highest BCUT2D eigenvalue weighted by Gasteiger charge is 2.00. The van der Waals surface area contributed by atoms with Crippen LogP contribution in [0.3, 0.4) is 0 Å². The van der Waals surface area contributed by atoms with Gasteiger partial charge in [-0.2, -0.15) is 0 Å². The molecule has 94 valence electrons. The molecule has 1 unspecified atom stereocenters. The third-order valence-electron chi connectivity index (χ3n) is 2.81. The summed E-state index contributed by atoms with van der Waals surface area (Å²) in [6.45, 7) is 6.21. The Labute approximate surface area is 100 Å². The van der Waals surface area contributed by atoms with E-state index in [0.717, 1.165) is 12.8 Å². The maximum Gasteiger partial charge on any atom is 0.293 e. The lowest BCUT2D eigenvalue weighted by Crippen LogP contribution is -2.05. The SMILES string of the molecule is C=CCCCCCCCCCC(C)OC=O. The summed E-state index contributed by atoms with van der Waals surface area (Å²) in [4.78, 5) is 10.0. The molecule has 0 saturated heterocycles. The smallest absolute Gasteiger partial charge is 0.293 e. The van der Waals surface area contributed by atoms with Crippen LogP contribution in [0.5, 0.6) is 0 Å². The van der Waals surface area contributed by atoms with Crippen LogP contribution >= 0.6 is 0 Å². The average Bonchev–Trinajstić information content (AvgIpc) is 2.27. The van der Waals surface area contributed by atoms with E-state index in [1.165, 1.54) is 44.9 Å². The maximum absolute atomic E-state index is 10.0. The second-order valence-electron chi connectivity index (χ2n) is 4.38. The van der Waals surface area contributed by atoms with E-state index in [-0.39, 0.29) is 6.10 Å². The fraction of sp³-hybridized carbons (Fsp3) is 0.786. The van der Waals surface area contributed by atoms with Gasteiger partial charge >= 0.3 is 0 Å². The first-order valence-electron chi connectivity index (χ1n) is 6.51. The van der Waals surface area contributed by atoms with Crippen LogP contribution in [-0.4, -0.2) is 12.6 Å². The number of carbonyl (C=O) groups is 1. The predicted octanol–water partition coefficient (Wildman–Crippen LogP) is 4.24. The van der Waals surface area contributed by atoms with E-state index >= 15 is 0 Å². The van der Waals surface area contributed by atoms with Gasteiger partial charge in [-0.25, -0.2) is 0 Å². The lowest BCUT2D eigenvalue weighted by Gasteiger charge is -2.08. The standard InChI is InChI=1S/C14H26O2/c1-3-4-5-6-7-8-9-10-11-12-14(2)16-13-15/h3,13-14H,1,4-12H2,2H3. The Kier molecular flexibility index (Phi) is 11.7. The van der Waals surface area contributed by atoms with Crippen LogP contribution in [0.15, 0.2) is 12.7 Å². The van der Waals surface area contributed by atoms with E-state index in [1.54, 1.807) is 0 Å². The minimum Gasteiger partial charge on any atom is -0.465 e. The molecule has 0 heterocycles. The molecule has 0 aliphatic rings. The monoisotopic (exact) mass is 226 g/mol. The van der Waals surface area contributed by atoms with Crippen molar-refractivity contribution in [2.45, 2.75) is 70.8 Å². The molecule has 0 fully saturated rings. The molecule has 2 heteroatoms. The van der Waals surface area contributed by atoms with Gasteiger partial charge in [0, 0.05) is 0 Å². The number of rotatable bonds is 12. The molecule has 0 aliphatic carbocycles. The van der Waals surface area contributed by atoms with Gasteiger partial charge < -0.3 is 4.74 Å². The number of ether oxygens (including phenoxy) is 1. The van der Waals surface area contributed by atoms with Gasteiger partial charge in [0.1, 0.15) is 0 Å². The molecule has 2 nitrogen and oxygen atoms in total. The van der Waals surface area contributed by atoms with Crippen molar-refractivity contribution >= 4 is 6.47 Å². The summed E-state index contributed by atoms with van der Waals surface area (Å²) in [5.41, 5.74) is 0. The van der Waals surface area contributed by atoms with Crippen molar-refractivity contribution in [1.82, 2.24) is 0 Å². The molecular weight excluding hydrogens is 200 g/mol. The van der Waals surface area contributed by atoms with E-state index in [2.05, 4.69) is 6.58 Å². The first kappa shape index (κ1) is 15.2. The zero-order chi connectivity index (χ0) is 12.1. The van der Waals surface area contributed by atoms with Crippen LogP contribution in [0.4, 0.5) is 0 Å². The molecule has 0 N–H and O–H groups in total. The van der Waals surface area contributed by atoms with Gasteiger partial charge in [0.15, 0.2) is 0 Å². The number of unbranched alkanes of at least 4 members (excludes halogenated alkanes) is 7. The fourth-order valence-electron chi connectivity index (χ4n) is 1.77. The van der Waals surface area contributed by atoms with Crippen LogP contribution in [0.2, 0.25) is 0 Å². The number of hydrogen-bond acceptors (Lipinski definition) is 2. The number of allylic oxidation sites excluding steroid dienone is 1. The van der Waals surface area contributed by atoms with E-state index in [0.29, 0.717) is 6.47 Å². The van der Waals surface area contributed by atoms with Crippen LogP contribution in [-0.2, 0) is 9.53 Å². The van der Waals surface area contributed by atoms with Crippen LogP contribution in [0.25, 0.3) is 0 Å². The van der Waals surface area contributed by atoms with Crippen molar-refractivity contribution < 1.29 is 9.53 Å². The molecule has 0 saturated carbocycles. The molecule has 0 spiro atoms. The molecule has 0 radical (unpaired) electrons. The fourth-order valence-corrected chi connectivity index (χ4v) is 1.77. The summed E-state index contributed by atoms with van der Waals surface area (Å²) in [6.07, 6.45) is 13.3. The summed E-state index contributed by atoms with van der Waals surface area (Å²) in [5.74, 6) is 0. The van der Waals surface area contributed by atoms with Crippen LogP contribution < -0.4 is 0 Å². The van der Waals surface area contributed by atoms with Gasteiger partial charge in [-0.15, -0.1) is 6.58 Å². The molecular formula is C14H26O2. The summed E-state index contributed by atoms with van der Waals surface area (Å²) >= 11 is 0. The quantitative estimate of drug-likeness (QED) is 0.282. The van der Waals surface area contributed by atoms with Gasteiger partial charge in [0.25, 0.3) is 6.47 Å². The molecule has 0 amide bonds. The van der Waals surface area contributed by atoms with Crippen molar-refractivity contribution in [3.05, 3.63) is 12.7 Å². The third kappa shape index (κ3) is 11.3. The topological polar surface area (TPSA) is 26.3 Å². The van der Waals surface area contributed by atoms with E-state index in [9.17, 15) is 4.79 Å². The zero-order valence-electron chi connectivity index (χ0n) is 10.6. The summed E-state index contributed by atoms with van der Waals surface area (Å²) < 4.78 is 4.82. The molecule has 0 rings (SSSR count). The van der Waals surface area contributed by atoms with Crippen molar-refractivity contribution in [3.63, 3.8) is 0 Å². The lowest BCUT2D eigenvalue weighted by molar-refractivity contribution is -0.133. The Morgan fingerprint density at radius 3 is 2.19 bits per heavy atom. The first-order chi connectivity index (χ1) is 7.81. The van der Waals surface area contributed by atoms with E-state index < -0.39 is 0 Å². The molecule has 0 aliphatic heterocycles. The largest absolute Gasteiger partial charge is 0.465 e. The molecule has 1 atom stereocenters. The Bertz CT molecular complexity index is 166. The van der Waals surface area contributed by atoms with E-state index in [4.69, 9.17) is 4.74 Å². The highest BCUT2D eigenvalue weighted by molar-refractivity contribution is 5.37. The number of hydrogen-bond donors (Lipinski definition) is 0. The molecule has 0 aromatic heterocycles. The second kappa shape index (κ2) is 12.3. The van der Waals surface area contributed by atoms with E-state index in [1.807, 2.05) is 13.0 Å². The normalized spacial score (nSPS) is 12.1. The Morgan fingerprint density at radius 2 is 1.62 bits per heavy atom. The number of carbonyl (C=O) groups excluding carboxylic acids is 1.